The van der Waals surface area contributed by atoms with E-state index in [4.69, 9.17) is 0 Å². The van der Waals surface area contributed by atoms with Crippen LogP contribution in [0.2, 0.25) is 0 Å². The number of aromatic nitrogens is 1. The third-order valence-electron chi connectivity index (χ3n) is 2.79. The molecule has 0 radical (unpaired) electrons. The van der Waals surface area contributed by atoms with Gasteiger partial charge >= 0.3 is 0 Å². The van der Waals surface area contributed by atoms with Crippen LogP contribution in [0.3, 0.4) is 0 Å². The number of piperidine rings is 1. The van der Waals surface area contributed by atoms with Crippen molar-refractivity contribution in [2.24, 2.45) is 0 Å². The molecule has 1 saturated heterocycles. The number of carbonyl (C=O) groups excluding carboxylic acids is 1. The Hall–Kier alpha value is -1.03. The zero-order chi connectivity index (χ0) is 14.0. The summed E-state index contributed by atoms with van der Waals surface area (Å²) >= 11 is 0.927. The highest BCUT2D eigenvalue weighted by Crippen LogP contribution is 2.27. The molecule has 1 amide bonds. The lowest BCUT2D eigenvalue weighted by molar-refractivity contribution is -0.114. The lowest BCUT2D eigenvalue weighted by Gasteiger charge is -2.27. The van der Waals surface area contributed by atoms with E-state index in [-0.39, 0.29) is 15.2 Å². The van der Waals surface area contributed by atoms with Gasteiger partial charge < -0.3 is 10.4 Å². The zero-order valence-corrected chi connectivity index (χ0v) is 12.0. The number of sulfonamides is 1. The van der Waals surface area contributed by atoms with Gasteiger partial charge in [-0.05, 0) is 12.8 Å². The monoisotopic (exact) mass is 305 g/mol. The second kappa shape index (κ2) is 5.53. The average molecular weight is 305 g/mol. The van der Waals surface area contributed by atoms with Crippen molar-refractivity contribution in [2.45, 2.75) is 30.1 Å². The highest BCUT2D eigenvalue weighted by Gasteiger charge is 2.30. The topological polar surface area (TPSA) is 99.6 Å². The fourth-order valence-electron chi connectivity index (χ4n) is 1.80. The molecule has 2 heterocycles. The van der Waals surface area contributed by atoms with Gasteiger partial charge in [-0.15, -0.1) is 0 Å². The van der Waals surface area contributed by atoms with Crippen molar-refractivity contribution >= 4 is 32.4 Å². The predicted octanol–water partition coefficient (Wildman–Crippen LogP) is 0.247. The third kappa shape index (κ3) is 3.30. The summed E-state index contributed by atoms with van der Waals surface area (Å²) in [5.74, 6) is -0.292. The van der Waals surface area contributed by atoms with Crippen molar-refractivity contribution in [3.05, 3.63) is 6.20 Å². The molecule has 0 saturated carbocycles. The molecule has 19 heavy (non-hydrogen) atoms. The summed E-state index contributed by atoms with van der Waals surface area (Å²) in [5.41, 5.74) is 0. The van der Waals surface area contributed by atoms with Gasteiger partial charge in [-0.2, -0.15) is 4.31 Å². The first-order chi connectivity index (χ1) is 8.89. The number of hydrogen-bond donors (Lipinski definition) is 2. The first-order valence-corrected chi connectivity index (χ1v) is 8.07. The summed E-state index contributed by atoms with van der Waals surface area (Å²) in [6, 6.07) is 0. The van der Waals surface area contributed by atoms with Crippen molar-refractivity contribution in [2.75, 3.05) is 18.4 Å². The first kappa shape index (κ1) is 14.4. The molecule has 7 nitrogen and oxygen atoms in total. The normalized spacial score (nSPS) is 18.4. The minimum atomic E-state index is -3.57. The van der Waals surface area contributed by atoms with Gasteiger partial charge in [-0.1, -0.05) is 11.3 Å². The van der Waals surface area contributed by atoms with Crippen LogP contribution in [0.4, 0.5) is 5.13 Å². The lowest BCUT2D eigenvalue weighted by Crippen LogP contribution is -2.39. The second-order valence-electron chi connectivity index (χ2n) is 4.30. The Morgan fingerprint density at radius 2 is 2.16 bits per heavy atom. The number of aliphatic hydroxyl groups is 1. The van der Waals surface area contributed by atoms with Crippen molar-refractivity contribution in [1.82, 2.24) is 9.29 Å². The number of amides is 1. The van der Waals surface area contributed by atoms with Gasteiger partial charge in [0, 0.05) is 20.0 Å². The summed E-state index contributed by atoms with van der Waals surface area (Å²) in [4.78, 5) is 14.7. The van der Waals surface area contributed by atoms with Gasteiger partial charge in [0.2, 0.25) is 5.91 Å². The maximum absolute atomic E-state index is 12.3. The van der Waals surface area contributed by atoms with Crippen molar-refractivity contribution in [3.63, 3.8) is 0 Å². The second-order valence-corrected chi connectivity index (χ2v) is 7.50. The zero-order valence-electron chi connectivity index (χ0n) is 10.4. The van der Waals surface area contributed by atoms with Crippen LogP contribution >= 0.6 is 11.3 Å². The Balaban J connectivity index is 2.15. The molecule has 9 heteroatoms. The molecule has 1 aromatic rings. The van der Waals surface area contributed by atoms with E-state index in [1.807, 2.05) is 0 Å². The highest BCUT2D eigenvalue weighted by atomic mass is 32.2. The van der Waals surface area contributed by atoms with Crippen LogP contribution < -0.4 is 5.32 Å². The van der Waals surface area contributed by atoms with E-state index >= 15 is 0 Å². The first-order valence-electron chi connectivity index (χ1n) is 5.81. The van der Waals surface area contributed by atoms with Gasteiger partial charge in [0.1, 0.15) is 0 Å². The number of aliphatic hydroxyl groups excluding tert-OH is 1. The number of hydrogen-bond acceptors (Lipinski definition) is 6. The number of thiazole rings is 1. The van der Waals surface area contributed by atoms with Crippen molar-refractivity contribution in [3.8, 4) is 0 Å². The molecule has 2 rings (SSSR count). The van der Waals surface area contributed by atoms with E-state index < -0.39 is 16.1 Å². The summed E-state index contributed by atoms with van der Waals surface area (Å²) < 4.78 is 26.0. The number of rotatable bonds is 3. The van der Waals surface area contributed by atoms with E-state index in [9.17, 15) is 18.3 Å². The maximum atomic E-state index is 12.3. The lowest BCUT2D eigenvalue weighted by atomic mass is 10.1. The van der Waals surface area contributed by atoms with Gasteiger partial charge in [-0.25, -0.2) is 13.4 Å². The van der Waals surface area contributed by atoms with Gasteiger partial charge in [-0.3, -0.25) is 4.79 Å². The fourth-order valence-corrected chi connectivity index (χ4v) is 4.50. The van der Waals surface area contributed by atoms with Crippen LogP contribution in [-0.4, -0.2) is 47.9 Å². The third-order valence-corrected chi connectivity index (χ3v) is 6.03. The molecule has 0 bridgehead atoms. The molecule has 1 aromatic heterocycles. The minimum Gasteiger partial charge on any atom is -0.393 e. The van der Waals surface area contributed by atoms with Crippen LogP contribution in [0.1, 0.15) is 19.8 Å². The summed E-state index contributed by atoms with van der Waals surface area (Å²) in [5, 5.41) is 12.1. The van der Waals surface area contributed by atoms with Crippen LogP contribution in [0, 0.1) is 0 Å². The standard InChI is InChI=1S/C10H15N3O4S2/c1-7(14)12-10-11-6-9(18-10)19(16,17)13-4-2-8(15)3-5-13/h6,8,15H,2-5H2,1H3,(H,11,12,14). The van der Waals surface area contributed by atoms with E-state index in [1.165, 1.54) is 17.4 Å². The van der Waals surface area contributed by atoms with Gasteiger partial charge in [0.15, 0.2) is 9.34 Å². The largest absolute Gasteiger partial charge is 0.393 e. The van der Waals surface area contributed by atoms with Crippen LogP contribution in [0.25, 0.3) is 0 Å². The van der Waals surface area contributed by atoms with Crippen LogP contribution in [0.5, 0.6) is 0 Å². The Morgan fingerprint density at radius 3 is 2.74 bits per heavy atom. The van der Waals surface area contributed by atoms with Crippen LogP contribution in [0.15, 0.2) is 10.4 Å². The predicted molar refractivity (Wildman–Crippen MR) is 70.4 cm³/mol. The molecular formula is C10H15N3O4S2. The quantitative estimate of drug-likeness (QED) is 0.833. The Kier molecular flexibility index (Phi) is 4.19. The van der Waals surface area contributed by atoms with Crippen LogP contribution in [-0.2, 0) is 14.8 Å². The molecule has 1 fully saturated rings. The SMILES string of the molecule is CC(=O)Nc1ncc(S(=O)(=O)N2CCC(O)CC2)s1. The molecule has 0 atom stereocenters. The average Bonchev–Trinajstić information content (AvgIpc) is 2.78. The fraction of sp³-hybridized carbons (Fsp3) is 0.600. The van der Waals surface area contributed by atoms with Gasteiger partial charge in [0.25, 0.3) is 10.0 Å². The number of nitrogens with one attached hydrogen (secondary N) is 1. The molecule has 106 valence electrons. The Labute approximate surface area is 115 Å². The molecule has 0 unspecified atom stereocenters. The molecule has 0 aromatic carbocycles. The van der Waals surface area contributed by atoms with E-state index in [0.717, 1.165) is 11.3 Å². The number of anilines is 1. The Morgan fingerprint density at radius 1 is 1.53 bits per heavy atom. The van der Waals surface area contributed by atoms with Gasteiger partial charge in [0.05, 0.1) is 12.3 Å². The molecular weight excluding hydrogens is 290 g/mol. The molecule has 1 aliphatic rings. The highest BCUT2D eigenvalue weighted by molar-refractivity contribution is 7.91. The Bertz CT molecular complexity index is 561. The van der Waals surface area contributed by atoms with E-state index in [2.05, 4.69) is 10.3 Å². The smallest absolute Gasteiger partial charge is 0.254 e. The minimum absolute atomic E-state index is 0.104. The van der Waals surface area contributed by atoms with E-state index in [0.29, 0.717) is 25.9 Å². The van der Waals surface area contributed by atoms with E-state index in [1.54, 1.807) is 0 Å². The number of carbonyl (C=O) groups is 1. The summed E-state index contributed by atoms with van der Waals surface area (Å²) in [6.07, 6.45) is 1.70. The summed E-state index contributed by atoms with van der Waals surface area (Å²) in [7, 11) is -3.57. The molecule has 0 aliphatic carbocycles. The molecule has 0 spiro atoms. The molecule has 1 aliphatic heterocycles. The van der Waals surface area contributed by atoms with Crippen molar-refractivity contribution in [1.29, 1.82) is 0 Å². The van der Waals surface area contributed by atoms with Crippen molar-refractivity contribution < 1.29 is 18.3 Å². The summed E-state index contributed by atoms with van der Waals surface area (Å²) in [6.45, 7) is 1.94. The number of nitrogens with zero attached hydrogens (tertiary/aromatic N) is 2. The maximum Gasteiger partial charge on any atom is 0.254 e. The molecule has 2 N–H and O–H groups in total.